The second-order valence-electron chi connectivity index (χ2n) is 5.48. The molecule has 0 atom stereocenters. The van der Waals surface area contributed by atoms with Crippen LogP contribution in [0.25, 0.3) is 11.5 Å². The third-order valence-corrected chi connectivity index (χ3v) is 3.02. The summed E-state index contributed by atoms with van der Waals surface area (Å²) >= 11 is 0. The molecule has 112 valence electrons. The topological polar surface area (TPSA) is 52.3 Å². The van der Waals surface area contributed by atoms with E-state index in [1.165, 1.54) is 0 Å². The lowest BCUT2D eigenvalue weighted by atomic mass is 10.1. The van der Waals surface area contributed by atoms with Crippen molar-refractivity contribution in [2.45, 2.75) is 34.1 Å². The van der Waals surface area contributed by atoms with Crippen LogP contribution in [0, 0.1) is 12.8 Å². The van der Waals surface area contributed by atoms with Gasteiger partial charge in [0.25, 0.3) is 0 Å². The van der Waals surface area contributed by atoms with Crippen LogP contribution in [0.4, 0.5) is 0 Å². The average molecular weight is 287 g/mol. The molecule has 0 N–H and O–H groups in total. The Hall–Kier alpha value is -2.10. The highest BCUT2D eigenvalue weighted by Crippen LogP contribution is 2.25. The molecule has 2 rings (SSSR count). The van der Waals surface area contributed by atoms with E-state index in [0.29, 0.717) is 30.5 Å². The summed E-state index contributed by atoms with van der Waals surface area (Å²) in [5, 5.41) is 0. The highest BCUT2D eigenvalue weighted by molar-refractivity contribution is 5.88. The van der Waals surface area contributed by atoms with Gasteiger partial charge in [0.05, 0.1) is 12.3 Å². The maximum Gasteiger partial charge on any atom is 0.376 e. The van der Waals surface area contributed by atoms with E-state index in [2.05, 4.69) is 18.8 Å². The van der Waals surface area contributed by atoms with E-state index in [-0.39, 0.29) is 5.76 Å². The number of esters is 1. The normalized spacial score (nSPS) is 10.9. The molecular weight excluding hydrogens is 266 g/mol. The molecule has 0 aliphatic heterocycles. The first kappa shape index (κ1) is 15.3. The number of ether oxygens (including phenoxy) is 1. The fourth-order valence-electron chi connectivity index (χ4n) is 2.13. The molecule has 1 heterocycles. The Kier molecular flexibility index (Phi) is 4.78. The number of oxazole rings is 1. The van der Waals surface area contributed by atoms with Gasteiger partial charge in [0.2, 0.25) is 11.7 Å². The van der Waals surface area contributed by atoms with Crippen LogP contribution in [0.1, 0.15) is 42.6 Å². The van der Waals surface area contributed by atoms with E-state index in [4.69, 9.17) is 9.15 Å². The molecular formula is C17H21NO3. The molecule has 0 bridgehead atoms. The zero-order chi connectivity index (χ0) is 15.4. The molecule has 0 saturated carbocycles. The SMILES string of the molecule is CCOC(=O)c1oc(-c2cccc(C)c2)nc1CC(C)C. The summed E-state index contributed by atoms with van der Waals surface area (Å²) in [6.07, 6.45) is 0.684. The van der Waals surface area contributed by atoms with Gasteiger partial charge in [-0.15, -0.1) is 0 Å². The number of aryl methyl sites for hydroxylation is 1. The Morgan fingerprint density at radius 1 is 1.38 bits per heavy atom. The van der Waals surface area contributed by atoms with Crippen molar-refractivity contribution in [3.05, 3.63) is 41.3 Å². The third kappa shape index (κ3) is 3.72. The molecule has 0 fully saturated rings. The summed E-state index contributed by atoms with van der Waals surface area (Å²) in [7, 11) is 0. The summed E-state index contributed by atoms with van der Waals surface area (Å²) < 4.78 is 10.7. The molecule has 0 unspecified atom stereocenters. The molecule has 1 aromatic heterocycles. The van der Waals surface area contributed by atoms with Gasteiger partial charge in [-0.1, -0.05) is 31.5 Å². The van der Waals surface area contributed by atoms with Crippen molar-refractivity contribution in [1.29, 1.82) is 0 Å². The smallest absolute Gasteiger partial charge is 0.376 e. The first-order valence-corrected chi connectivity index (χ1v) is 7.25. The summed E-state index contributed by atoms with van der Waals surface area (Å²) in [4.78, 5) is 16.5. The third-order valence-electron chi connectivity index (χ3n) is 3.02. The first-order chi connectivity index (χ1) is 10.0. The van der Waals surface area contributed by atoms with Crippen LogP contribution in [-0.4, -0.2) is 17.6 Å². The quantitative estimate of drug-likeness (QED) is 0.779. The summed E-state index contributed by atoms with van der Waals surface area (Å²) in [5.74, 6) is 0.632. The number of benzene rings is 1. The minimum atomic E-state index is -0.445. The van der Waals surface area contributed by atoms with Crippen LogP contribution in [0.2, 0.25) is 0 Å². The number of rotatable bonds is 5. The van der Waals surface area contributed by atoms with Crippen molar-refractivity contribution in [1.82, 2.24) is 4.98 Å². The highest BCUT2D eigenvalue weighted by atomic mass is 16.5. The van der Waals surface area contributed by atoms with Gasteiger partial charge in [0, 0.05) is 5.56 Å². The number of carbonyl (C=O) groups excluding carboxylic acids is 1. The lowest BCUT2D eigenvalue weighted by Crippen LogP contribution is -2.08. The number of carbonyl (C=O) groups is 1. The second kappa shape index (κ2) is 6.57. The van der Waals surface area contributed by atoms with Crippen LogP contribution in [0.15, 0.2) is 28.7 Å². The number of hydrogen-bond donors (Lipinski definition) is 0. The minimum absolute atomic E-state index is 0.224. The second-order valence-corrected chi connectivity index (χ2v) is 5.48. The fraction of sp³-hybridized carbons (Fsp3) is 0.412. The molecule has 0 saturated heterocycles. The van der Waals surface area contributed by atoms with Crippen molar-refractivity contribution in [2.24, 2.45) is 5.92 Å². The summed E-state index contributed by atoms with van der Waals surface area (Å²) in [6.45, 7) is 8.26. The number of hydrogen-bond acceptors (Lipinski definition) is 4. The van der Waals surface area contributed by atoms with Crippen molar-refractivity contribution < 1.29 is 13.9 Å². The number of aromatic nitrogens is 1. The van der Waals surface area contributed by atoms with Crippen LogP contribution in [-0.2, 0) is 11.2 Å². The summed E-state index contributed by atoms with van der Waals surface area (Å²) in [6, 6.07) is 7.86. The Morgan fingerprint density at radius 3 is 2.76 bits per heavy atom. The Balaban J connectivity index is 2.42. The van der Waals surface area contributed by atoms with E-state index in [9.17, 15) is 4.79 Å². The Bertz CT molecular complexity index is 629. The van der Waals surface area contributed by atoms with Crippen molar-refractivity contribution in [3.63, 3.8) is 0 Å². The molecule has 2 aromatic rings. The maximum absolute atomic E-state index is 12.0. The van der Waals surface area contributed by atoms with E-state index in [1.807, 2.05) is 31.2 Å². The lowest BCUT2D eigenvalue weighted by Gasteiger charge is -2.02. The van der Waals surface area contributed by atoms with Crippen LogP contribution in [0.5, 0.6) is 0 Å². The Labute approximate surface area is 125 Å². The van der Waals surface area contributed by atoms with E-state index in [0.717, 1.165) is 11.1 Å². The Morgan fingerprint density at radius 2 is 2.14 bits per heavy atom. The predicted molar refractivity (Wildman–Crippen MR) is 81.2 cm³/mol. The van der Waals surface area contributed by atoms with Gasteiger partial charge in [0.15, 0.2) is 0 Å². The maximum atomic E-state index is 12.0. The first-order valence-electron chi connectivity index (χ1n) is 7.25. The van der Waals surface area contributed by atoms with Gasteiger partial charge < -0.3 is 9.15 Å². The van der Waals surface area contributed by atoms with Crippen LogP contribution < -0.4 is 0 Å². The molecule has 0 spiro atoms. The van der Waals surface area contributed by atoms with Gasteiger partial charge in [0.1, 0.15) is 0 Å². The standard InChI is InChI=1S/C17H21NO3/c1-5-20-17(19)15-14(9-11(2)3)18-16(21-15)13-8-6-7-12(4)10-13/h6-8,10-11H,5,9H2,1-4H3. The molecule has 0 radical (unpaired) electrons. The minimum Gasteiger partial charge on any atom is -0.460 e. The zero-order valence-electron chi connectivity index (χ0n) is 13.0. The highest BCUT2D eigenvalue weighted by Gasteiger charge is 2.22. The lowest BCUT2D eigenvalue weighted by molar-refractivity contribution is 0.0489. The average Bonchev–Trinajstić information content (AvgIpc) is 2.82. The van der Waals surface area contributed by atoms with Gasteiger partial charge in [-0.2, -0.15) is 0 Å². The van der Waals surface area contributed by atoms with E-state index < -0.39 is 5.97 Å². The molecule has 21 heavy (non-hydrogen) atoms. The molecule has 4 nitrogen and oxygen atoms in total. The zero-order valence-corrected chi connectivity index (χ0v) is 13.0. The number of nitrogens with zero attached hydrogens (tertiary/aromatic N) is 1. The van der Waals surface area contributed by atoms with Gasteiger partial charge in [-0.25, -0.2) is 9.78 Å². The molecule has 0 aliphatic rings. The molecule has 0 amide bonds. The van der Waals surface area contributed by atoms with Gasteiger partial charge in [-0.05, 0) is 38.3 Å². The van der Waals surface area contributed by atoms with Crippen molar-refractivity contribution >= 4 is 5.97 Å². The van der Waals surface area contributed by atoms with E-state index >= 15 is 0 Å². The predicted octanol–water partition coefficient (Wildman–Crippen LogP) is 4.03. The van der Waals surface area contributed by atoms with Gasteiger partial charge in [-0.3, -0.25) is 0 Å². The monoisotopic (exact) mass is 287 g/mol. The van der Waals surface area contributed by atoms with Crippen molar-refractivity contribution in [3.8, 4) is 11.5 Å². The largest absolute Gasteiger partial charge is 0.460 e. The molecule has 0 aliphatic carbocycles. The van der Waals surface area contributed by atoms with Crippen molar-refractivity contribution in [2.75, 3.05) is 6.61 Å². The van der Waals surface area contributed by atoms with E-state index in [1.54, 1.807) is 6.92 Å². The molecule has 1 aromatic carbocycles. The fourth-order valence-corrected chi connectivity index (χ4v) is 2.13. The van der Waals surface area contributed by atoms with Crippen LogP contribution >= 0.6 is 0 Å². The summed E-state index contributed by atoms with van der Waals surface area (Å²) in [5.41, 5.74) is 2.66. The van der Waals surface area contributed by atoms with Gasteiger partial charge >= 0.3 is 5.97 Å². The molecule has 4 heteroatoms. The van der Waals surface area contributed by atoms with Crippen LogP contribution in [0.3, 0.4) is 0 Å².